The van der Waals surface area contributed by atoms with Crippen molar-refractivity contribution in [2.24, 2.45) is 0 Å². The minimum atomic E-state index is -0.501. The number of halogens is 1. The smallest absolute Gasteiger partial charge is 0.308 e. The van der Waals surface area contributed by atoms with E-state index in [0.717, 1.165) is 25.0 Å². The van der Waals surface area contributed by atoms with E-state index in [0.29, 0.717) is 19.6 Å². The van der Waals surface area contributed by atoms with Crippen molar-refractivity contribution in [1.82, 2.24) is 10.2 Å². The Bertz CT molecular complexity index is 563. The van der Waals surface area contributed by atoms with Crippen molar-refractivity contribution in [2.45, 2.75) is 38.0 Å². The van der Waals surface area contributed by atoms with E-state index < -0.39 is 6.04 Å². The van der Waals surface area contributed by atoms with Crippen LogP contribution in [0.15, 0.2) is 30.3 Å². The van der Waals surface area contributed by atoms with Gasteiger partial charge < -0.3 is 19.7 Å². The summed E-state index contributed by atoms with van der Waals surface area (Å²) < 4.78 is 10.7. The molecule has 6 nitrogen and oxygen atoms in total. The van der Waals surface area contributed by atoms with Crippen LogP contribution in [0.4, 0.5) is 0 Å². The van der Waals surface area contributed by atoms with Gasteiger partial charge >= 0.3 is 5.97 Å². The third-order valence-electron chi connectivity index (χ3n) is 4.42. The summed E-state index contributed by atoms with van der Waals surface area (Å²) in [5.74, 6) is -0.392. The van der Waals surface area contributed by atoms with E-state index in [2.05, 4.69) is 5.32 Å². The Labute approximate surface area is 154 Å². The lowest BCUT2D eigenvalue weighted by Crippen LogP contribution is -2.55. The van der Waals surface area contributed by atoms with Crippen LogP contribution in [0.3, 0.4) is 0 Å². The van der Waals surface area contributed by atoms with Crippen LogP contribution >= 0.6 is 12.4 Å². The Hall–Kier alpha value is -1.63. The first-order valence-electron chi connectivity index (χ1n) is 8.55. The van der Waals surface area contributed by atoms with Crippen LogP contribution in [0.2, 0.25) is 0 Å². The molecule has 2 aliphatic rings. The lowest BCUT2D eigenvalue weighted by Gasteiger charge is -2.33. The SMILES string of the molecule is Cl.O=C(CC1NCCN(Cc2ccccc2)C1=O)OCC1CCCO1. The van der Waals surface area contributed by atoms with Crippen molar-refractivity contribution < 1.29 is 19.1 Å². The first kappa shape index (κ1) is 19.7. The molecule has 2 fully saturated rings. The zero-order valence-electron chi connectivity index (χ0n) is 14.2. The van der Waals surface area contributed by atoms with Crippen LogP contribution in [0.5, 0.6) is 0 Å². The van der Waals surface area contributed by atoms with E-state index >= 15 is 0 Å². The Morgan fingerprint density at radius 2 is 2.12 bits per heavy atom. The van der Waals surface area contributed by atoms with Gasteiger partial charge in [0, 0.05) is 26.2 Å². The molecule has 1 aromatic rings. The van der Waals surface area contributed by atoms with E-state index in [1.54, 1.807) is 4.90 Å². The fraction of sp³-hybridized carbons (Fsp3) is 0.556. The lowest BCUT2D eigenvalue weighted by atomic mass is 10.1. The second kappa shape index (κ2) is 9.75. The Morgan fingerprint density at radius 3 is 2.84 bits per heavy atom. The average Bonchev–Trinajstić information content (AvgIpc) is 3.11. The number of nitrogens with one attached hydrogen (secondary N) is 1. The molecule has 0 radical (unpaired) electrons. The summed E-state index contributed by atoms with van der Waals surface area (Å²) >= 11 is 0. The van der Waals surface area contributed by atoms with Crippen molar-refractivity contribution >= 4 is 24.3 Å². The fourth-order valence-corrected chi connectivity index (χ4v) is 3.10. The summed E-state index contributed by atoms with van der Waals surface area (Å²) in [6.07, 6.45) is 2.02. The number of rotatable bonds is 6. The molecule has 2 aliphatic heterocycles. The quantitative estimate of drug-likeness (QED) is 0.771. The number of carbonyl (C=O) groups is 2. The third kappa shape index (κ3) is 5.70. The van der Waals surface area contributed by atoms with E-state index in [1.807, 2.05) is 30.3 Å². The first-order valence-corrected chi connectivity index (χ1v) is 8.55. The normalized spacial score (nSPS) is 23.2. The maximum atomic E-state index is 12.6. The highest BCUT2D eigenvalue weighted by atomic mass is 35.5. The molecule has 2 saturated heterocycles. The van der Waals surface area contributed by atoms with Crippen LogP contribution in [-0.4, -0.2) is 55.2 Å². The molecule has 2 heterocycles. The van der Waals surface area contributed by atoms with Crippen LogP contribution in [0, 0.1) is 0 Å². The van der Waals surface area contributed by atoms with Crippen LogP contribution < -0.4 is 5.32 Å². The van der Waals surface area contributed by atoms with Gasteiger partial charge in [0.2, 0.25) is 5.91 Å². The molecule has 0 aliphatic carbocycles. The van der Waals surface area contributed by atoms with Crippen LogP contribution in [0.25, 0.3) is 0 Å². The van der Waals surface area contributed by atoms with Gasteiger partial charge in [-0.25, -0.2) is 0 Å². The van der Waals surface area contributed by atoms with Gasteiger partial charge in [-0.1, -0.05) is 30.3 Å². The summed E-state index contributed by atoms with van der Waals surface area (Å²) in [7, 11) is 0. The van der Waals surface area contributed by atoms with Crippen molar-refractivity contribution in [2.75, 3.05) is 26.3 Å². The summed E-state index contributed by atoms with van der Waals surface area (Å²) in [5.41, 5.74) is 1.09. The number of benzene rings is 1. The molecule has 2 atom stereocenters. The minimum absolute atomic E-state index is 0. The molecular weight excluding hydrogens is 344 g/mol. The standard InChI is InChI=1S/C18H24N2O4.ClH/c21-17(24-13-15-7-4-10-23-15)11-16-18(22)20(9-8-19-16)12-14-5-2-1-3-6-14;/h1-3,5-6,15-16,19H,4,7-13H2;1H. The molecule has 0 spiro atoms. The molecule has 2 unspecified atom stereocenters. The topological polar surface area (TPSA) is 67.9 Å². The monoisotopic (exact) mass is 368 g/mol. The summed E-state index contributed by atoms with van der Waals surface area (Å²) in [6.45, 7) is 2.92. The molecule has 1 N–H and O–H groups in total. The molecular formula is C18H25ClN2O4. The maximum Gasteiger partial charge on any atom is 0.308 e. The zero-order chi connectivity index (χ0) is 16.8. The van der Waals surface area contributed by atoms with Gasteiger partial charge in [-0.2, -0.15) is 0 Å². The van der Waals surface area contributed by atoms with E-state index in [1.165, 1.54) is 0 Å². The summed E-state index contributed by atoms with van der Waals surface area (Å²) in [6, 6.07) is 9.37. The Kier molecular flexibility index (Phi) is 7.68. The van der Waals surface area contributed by atoms with Gasteiger partial charge in [0.1, 0.15) is 6.61 Å². The molecule has 138 valence electrons. The summed E-state index contributed by atoms with van der Waals surface area (Å²) in [5, 5.41) is 3.12. The minimum Gasteiger partial charge on any atom is -0.463 e. The van der Waals surface area contributed by atoms with Gasteiger partial charge in [-0.05, 0) is 18.4 Å². The van der Waals surface area contributed by atoms with Crippen molar-refractivity contribution in [3.05, 3.63) is 35.9 Å². The number of hydrogen-bond donors (Lipinski definition) is 1. The van der Waals surface area contributed by atoms with Gasteiger partial charge in [0.25, 0.3) is 0 Å². The van der Waals surface area contributed by atoms with E-state index in [9.17, 15) is 9.59 Å². The van der Waals surface area contributed by atoms with Gasteiger partial charge in [0.05, 0.1) is 18.6 Å². The Balaban J connectivity index is 0.00000225. The molecule has 1 aromatic carbocycles. The molecule has 25 heavy (non-hydrogen) atoms. The predicted octanol–water partition coefficient (Wildman–Crippen LogP) is 1.52. The maximum absolute atomic E-state index is 12.6. The molecule has 3 rings (SSSR count). The van der Waals surface area contributed by atoms with Crippen molar-refractivity contribution in [3.63, 3.8) is 0 Å². The van der Waals surface area contributed by atoms with Crippen LogP contribution in [0.1, 0.15) is 24.8 Å². The number of carbonyl (C=O) groups excluding carboxylic acids is 2. The van der Waals surface area contributed by atoms with Gasteiger partial charge in [-0.15, -0.1) is 12.4 Å². The first-order chi connectivity index (χ1) is 11.7. The number of nitrogens with zero attached hydrogens (tertiary/aromatic N) is 1. The number of amides is 1. The third-order valence-corrected chi connectivity index (χ3v) is 4.42. The van der Waals surface area contributed by atoms with Crippen molar-refractivity contribution in [3.8, 4) is 0 Å². The largest absolute Gasteiger partial charge is 0.463 e. The van der Waals surface area contributed by atoms with Gasteiger partial charge in [-0.3, -0.25) is 9.59 Å². The molecule has 0 aromatic heterocycles. The number of ether oxygens (including phenoxy) is 2. The molecule has 0 saturated carbocycles. The van der Waals surface area contributed by atoms with E-state index in [-0.39, 0.29) is 43.4 Å². The highest BCUT2D eigenvalue weighted by Crippen LogP contribution is 2.14. The highest BCUT2D eigenvalue weighted by molar-refractivity contribution is 5.87. The van der Waals surface area contributed by atoms with Crippen molar-refractivity contribution in [1.29, 1.82) is 0 Å². The Morgan fingerprint density at radius 1 is 1.32 bits per heavy atom. The van der Waals surface area contributed by atoms with E-state index in [4.69, 9.17) is 9.47 Å². The zero-order valence-corrected chi connectivity index (χ0v) is 15.0. The second-order valence-electron chi connectivity index (χ2n) is 6.27. The molecule has 1 amide bonds. The number of piperazine rings is 1. The average molecular weight is 369 g/mol. The van der Waals surface area contributed by atoms with Gasteiger partial charge in [0.15, 0.2) is 0 Å². The summed E-state index contributed by atoms with van der Waals surface area (Å²) in [4.78, 5) is 26.3. The molecule has 0 bridgehead atoms. The highest BCUT2D eigenvalue weighted by Gasteiger charge is 2.31. The van der Waals surface area contributed by atoms with Crippen LogP contribution in [-0.2, 0) is 25.6 Å². The predicted molar refractivity (Wildman–Crippen MR) is 95.4 cm³/mol. The number of hydrogen-bond acceptors (Lipinski definition) is 5. The fourth-order valence-electron chi connectivity index (χ4n) is 3.10. The second-order valence-corrected chi connectivity index (χ2v) is 6.27. The molecule has 7 heteroatoms. The lowest BCUT2D eigenvalue weighted by molar-refractivity contribution is -0.151. The number of esters is 1.